The summed E-state index contributed by atoms with van der Waals surface area (Å²) in [5, 5.41) is 5.13. The van der Waals surface area contributed by atoms with Gasteiger partial charge < -0.3 is 4.90 Å². The Hall–Kier alpha value is -2.90. The molecule has 2 heterocycles. The number of aryl methyl sites for hydroxylation is 2. The number of para-hydroxylation sites is 1. The Labute approximate surface area is 189 Å². The average Bonchev–Trinajstić information content (AvgIpc) is 3.24. The van der Waals surface area contributed by atoms with Crippen LogP contribution >= 0.6 is 23.1 Å². The molecule has 0 unspecified atom stereocenters. The van der Waals surface area contributed by atoms with Crippen molar-refractivity contribution in [3.05, 3.63) is 86.3 Å². The van der Waals surface area contributed by atoms with Crippen LogP contribution in [0.4, 0.5) is 0 Å². The van der Waals surface area contributed by atoms with Gasteiger partial charge >= 0.3 is 0 Å². The molecule has 0 aliphatic rings. The van der Waals surface area contributed by atoms with Crippen LogP contribution in [0, 0.1) is 13.8 Å². The maximum atomic E-state index is 13.4. The minimum Gasteiger partial charge on any atom is -0.341 e. The van der Waals surface area contributed by atoms with E-state index in [1.807, 2.05) is 61.0 Å². The second kappa shape index (κ2) is 9.08. The van der Waals surface area contributed by atoms with Gasteiger partial charge in [-0.15, -0.1) is 0 Å². The van der Waals surface area contributed by atoms with Gasteiger partial charge in [0.15, 0.2) is 5.16 Å². The zero-order valence-electron chi connectivity index (χ0n) is 17.7. The Morgan fingerprint density at radius 2 is 1.87 bits per heavy atom. The second-order valence-electron chi connectivity index (χ2n) is 7.57. The number of amides is 1. The summed E-state index contributed by atoms with van der Waals surface area (Å²) in [6, 6.07) is 15.4. The lowest BCUT2D eigenvalue weighted by atomic mass is 10.1. The van der Waals surface area contributed by atoms with Gasteiger partial charge in [0.05, 0.1) is 22.3 Å². The van der Waals surface area contributed by atoms with Crippen LogP contribution in [0.15, 0.2) is 69.2 Å². The molecule has 1 amide bonds. The summed E-state index contributed by atoms with van der Waals surface area (Å²) in [5.74, 6) is 0.196. The van der Waals surface area contributed by atoms with Crippen LogP contribution in [0.3, 0.4) is 0 Å². The fraction of sp³-hybridized carbons (Fsp3) is 0.208. The number of carbonyl (C=O) groups is 1. The first-order chi connectivity index (χ1) is 14.9. The first-order valence-electron chi connectivity index (χ1n) is 9.90. The number of aromatic nitrogens is 2. The van der Waals surface area contributed by atoms with E-state index in [1.165, 1.54) is 11.8 Å². The normalized spacial score (nSPS) is 11.1. The number of rotatable bonds is 6. The number of thiophene rings is 1. The Kier molecular flexibility index (Phi) is 6.25. The molecule has 7 heteroatoms. The van der Waals surface area contributed by atoms with Gasteiger partial charge in [-0.2, -0.15) is 11.3 Å². The molecule has 0 atom stereocenters. The number of hydrogen-bond acceptors (Lipinski definition) is 5. The van der Waals surface area contributed by atoms with Crippen molar-refractivity contribution in [3.63, 3.8) is 0 Å². The number of hydrogen-bond donors (Lipinski definition) is 0. The number of fused-ring (bicyclic) bond motifs is 1. The van der Waals surface area contributed by atoms with Gasteiger partial charge in [0.2, 0.25) is 5.91 Å². The van der Waals surface area contributed by atoms with Crippen LogP contribution in [0.25, 0.3) is 16.6 Å². The molecule has 0 fully saturated rings. The van der Waals surface area contributed by atoms with Gasteiger partial charge in [-0.05, 0) is 71.6 Å². The predicted molar refractivity (Wildman–Crippen MR) is 128 cm³/mol. The third kappa shape index (κ3) is 4.73. The molecule has 0 radical (unpaired) electrons. The minimum atomic E-state index is -0.128. The van der Waals surface area contributed by atoms with E-state index in [0.717, 1.165) is 22.4 Å². The Morgan fingerprint density at radius 3 is 2.58 bits per heavy atom. The van der Waals surface area contributed by atoms with Crippen LogP contribution in [0.2, 0.25) is 0 Å². The molecule has 4 aromatic rings. The minimum absolute atomic E-state index is 0.00872. The Balaban J connectivity index is 1.69. The van der Waals surface area contributed by atoms with E-state index in [1.54, 1.807) is 33.9 Å². The monoisotopic (exact) mass is 449 g/mol. The molecule has 0 spiro atoms. The fourth-order valence-corrected chi connectivity index (χ4v) is 5.11. The average molecular weight is 450 g/mol. The molecular formula is C24H23N3O2S2. The molecule has 0 saturated heterocycles. The van der Waals surface area contributed by atoms with Crippen LogP contribution in [-0.2, 0) is 11.3 Å². The molecule has 0 aliphatic carbocycles. The summed E-state index contributed by atoms with van der Waals surface area (Å²) in [7, 11) is 1.80. The summed E-state index contributed by atoms with van der Waals surface area (Å²) < 4.78 is 1.62. The molecule has 0 saturated carbocycles. The van der Waals surface area contributed by atoms with Crippen molar-refractivity contribution in [1.82, 2.24) is 14.5 Å². The van der Waals surface area contributed by atoms with Crippen molar-refractivity contribution in [2.24, 2.45) is 0 Å². The molecule has 4 rings (SSSR count). The zero-order chi connectivity index (χ0) is 22.0. The standard InChI is InChI=1S/C24H23N3O2S2/c1-16-10-17(2)12-19(11-16)27-23(29)20-6-4-5-7-21(20)25-24(27)31-15-22(28)26(3)13-18-8-9-30-14-18/h4-12,14H,13,15H2,1-3H3. The first-order valence-corrected chi connectivity index (χ1v) is 11.8. The lowest BCUT2D eigenvalue weighted by Gasteiger charge is -2.18. The van der Waals surface area contributed by atoms with Gasteiger partial charge in [-0.3, -0.25) is 14.2 Å². The maximum absolute atomic E-state index is 13.4. The summed E-state index contributed by atoms with van der Waals surface area (Å²) in [6.45, 7) is 4.58. The zero-order valence-corrected chi connectivity index (χ0v) is 19.3. The van der Waals surface area contributed by atoms with E-state index in [9.17, 15) is 9.59 Å². The molecule has 31 heavy (non-hydrogen) atoms. The summed E-state index contributed by atoms with van der Waals surface area (Å²) in [6.07, 6.45) is 0. The quantitative estimate of drug-likeness (QED) is 0.313. The first kappa shape index (κ1) is 21.3. The van der Waals surface area contributed by atoms with Crippen LogP contribution in [-0.4, -0.2) is 33.2 Å². The largest absolute Gasteiger partial charge is 0.341 e. The third-order valence-corrected chi connectivity index (χ3v) is 6.62. The number of thioether (sulfide) groups is 1. The highest BCUT2D eigenvalue weighted by Crippen LogP contribution is 2.23. The van der Waals surface area contributed by atoms with Crippen molar-refractivity contribution >= 4 is 39.9 Å². The van der Waals surface area contributed by atoms with Gasteiger partial charge in [0.25, 0.3) is 5.56 Å². The lowest BCUT2D eigenvalue weighted by molar-refractivity contribution is -0.127. The fourth-order valence-electron chi connectivity index (χ4n) is 3.50. The van der Waals surface area contributed by atoms with Crippen molar-refractivity contribution < 1.29 is 4.79 Å². The summed E-state index contributed by atoms with van der Waals surface area (Å²) in [4.78, 5) is 32.6. The second-order valence-corrected chi connectivity index (χ2v) is 9.29. The summed E-state index contributed by atoms with van der Waals surface area (Å²) in [5.41, 5.74) is 4.52. The van der Waals surface area contributed by atoms with Crippen LogP contribution in [0.5, 0.6) is 0 Å². The molecule has 2 aromatic carbocycles. The van der Waals surface area contributed by atoms with Gasteiger partial charge in [0, 0.05) is 13.6 Å². The highest BCUT2D eigenvalue weighted by atomic mass is 32.2. The molecule has 0 N–H and O–H groups in total. The van der Waals surface area contributed by atoms with Crippen molar-refractivity contribution in [2.45, 2.75) is 25.5 Å². The SMILES string of the molecule is Cc1cc(C)cc(-n2c(SCC(=O)N(C)Cc3ccsc3)nc3ccccc3c2=O)c1. The lowest BCUT2D eigenvalue weighted by Crippen LogP contribution is -2.28. The molecule has 0 aliphatic heterocycles. The molecule has 0 bridgehead atoms. The molecular weight excluding hydrogens is 426 g/mol. The number of benzene rings is 2. The molecule has 158 valence electrons. The van der Waals surface area contributed by atoms with E-state index in [0.29, 0.717) is 22.6 Å². The molecule has 5 nitrogen and oxygen atoms in total. The summed E-state index contributed by atoms with van der Waals surface area (Å²) >= 11 is 2.91. The van der Waals surface area contributed by atoms with E-state index >= 15 is 0 Å². The van der Waals surface area contributed by atoms with Crippen molar-refractivity contribution in [1.29, 1.82) is 0 Å². The van der Waals surface area contributed by atoms with Gasteiger partial charge in [0.1, 0.15) is 0 Å². The van der Waals surface area contributed by atoms with E-state index < -0.39 is 0 Å². The Bertz CT molecular complexity index is 1280. The molecule has 2 aromatic heterocycles. The van der Waals surface area contributed by atoms with Gasteiger partial charge in [-0.1, -0.05) is 30.0 Å². The topological polar surface area (TPSA) is 55.2 Å². The van der Waals surface area contributed by atoms with Crippen LogP contribution in [0.1, 0.15) is 16.7 Å². The maximum Gasteiger partial charge on any atom is 0.266 e. The smallest absolute Gasteiger partial charge is 0.266 e. The van der Waals surface area contributed by atoms with Crippen LogP contribution < -0.4 is 5.56 Å². The number of carbonyl (C=O) groups excluding carboxylic acids is 1. The third-order valence-electron chi connectivity index (χ3n) is 4.96. The van der Waals surface area contributed by atoms with Gasteiger partial charge in [-0.25, -0.2) is 4.98 Å². The van der Waals surface area contributed by atoms with Crippen molar-refractivity contribution in [2.75, 3.05) is 12.8 Å². The number of nitrogens with zero attached hydrogens (tertiary/aromatic N) is 3. The van der Waals surface area contributed by atoms with E-state index in [2.05, 4.69) is 6.07 Å². The predicted octanol–water partition coefficient (Wildman–Crippen LogP) is 4.81. The van der Waals surface area contributed by atoms with E-state index in [4.69, 9.17) is 4.98 Å². The highest BCUT2D eigenvalue weighted by Gasteiger charge is 2.17. The highest BCUT2D eigenvalue weighted by molar-refractivity contribution is 7.99. The van der Waals surface area contributed by atoms with E-state index in [-0.39, 0.29) is 17.2 Å². The Morgan fingerprint density at radius 1 is 1.13 bits per heavy atom. The van der Waals surface area contributed by atoms with Crippen molar-refractivity contribution in [3.8, 4) is 5.69 Å².